The zero-order valence-corrected chi connectivity index (χ0v) is 13.3. The van der Waals surface area contributed by atoms with Crippen molar-refractivity contribution in [3.8, 4) is 0 Å². The lowest BCUT2D eigenvalue weighted by Crippen LogP contribution is -2.16. The summed E-state index contributed by atoms with van der Waals surface area (Å²) in [5, 5.41) is 16.6. The highest BCUT2D eigenvalue weighted by atomic mass is 35.5. The van der Waals surface area contributed by atoms with Gasteiger partial charge in [0.1, 0.15) is 12.0 Å². The zero-order valence-electron chi connectivity index (χ0n) is 12.6. The first-order valence-corrected chi connectivity index (χ1v) is 7.46. The van der Waals surface area contributed by atoms with E-state index in [9.17, 15) is 14.9 Å². The molecule has 126 valence electrons. The van der Waals surface area contributed by atoms with Gasteiger partial charge in [0, 0.05) is 23.3 Å². The Labute approximate surface area is 142 Å². The molecular formula is C15H15ClN4O4. The first-order valence-electron chi connectivity index (χ1n) is 7.08. The van der Waals surface area contributed by atoms with Gasteiger partial charge in [-0.25, -0.2) is 9.78 Å². The summed E-state index contributed by atoms with van der Waals surface area (Å²) in [6, 6.07) is 9.56. The van der Waals surface area contributed by atoms with E-state index in [4.69, 9.17) is 16.3 Å². The summed E-state index contributed by atoms with van der Waals surface area (Å²) in [7, 11) is 0. The van der Waals surface area contributed by atoms with Crippen molar-refractivity contribution in [1.82, 2.24) is 4.98 Å². The highest BCUT2D eigenvalue weighted by Crippen LogP contribution is 2.14. The summed E-state index contributed by atoms with van der Waals surface area (Å²) >= 11 is 5.75. The summed E-state index contributed by atoms with van der Waals surface area (Å²) in [6.07, 6.45) is 1.19. The minimum Gasteiger partial charge on any atom is -0.449 e. The van der Waals surface area contributed by atoms with Gasteiger partial charge < -0.3 is 10.1 Å². The lowest BCUT2D eigenvalue weighted by molar-refractivity contribution is -0.385. The van der Waals surface area contributed by atoms with Crippen molar-refractivity contribution in [1.29, 1.82) is 0 Å². The van der Waals surface area contributed by atoms with E-state index in [1.54, 1.807) is 24.3 Å². The predicted octanol–water partition coefficient (Wildman–Crippen LogP) is 3.69. The third kappa shape index (κ3) is 5.73. The fourth-order valence-corrected chi connectivity index (χ4v) is 1.87. The number of aromatic nitrogens is 1. The van der Waals surface area contributed by atoms with Crippen LogP contribution in [0.25, 0.3) is 0 Å². The highest BCUT2D eigenvalue weighted by molar-refractivity contribution is 6.30. The van der Waals surface area contributed by atoms with E-state index in [-0.39, 0.29) is 12.3 Å². The van der Waals surface area contributed by atoms with Crippen LogP contribution < -0.4 is 10.6 Å². The normalized spacial score (nSPS) is 10.0. The molecule has 0 bridgehead atoms. The topological polar surface area (TPSA) is 106 Å². The molecule has 1 aromatic heterocycles. The number of halogens is 1. The first-order chi connectivity index (χ1) is 11.5. The molecule has 0 fully saturated rings. The van der Waals surface area contributed by atoms with Gasteiger partial charge in [0.15, 0.2) is 0 Å². The van der Waals surface area contributed by atoms with E-state index in [1.807, 2.05) is 0 Å². The van der Waals surface area contributed by atoms with Crippen LogP contribution in [0.1, 0.15) is 6.42 Å². The number of nitrogens with one attached hydrogen (secondary N) is 2. The second-order valence-electron chi connectivity index (χ2n) is 4.71. The molecule has 1 amide bonds. The summed E-state index contributed by atoms with van der Waals surface area (Å²) in [5.74, 6) is 0.520. The number of carbonyl (C=O) groups is 1. The predicted molar refractivity (Wildman–Crippen MR) is 90.4 cm³/mol. The van der Waals surface area contributed by atoms with Crippen molar-refractivity contribution in [2.75, 3.05) is 23.8 Å². The second-order valence-corrected chi connectivity index (χ2v) is 5.14. The van der Waals surface area contributed by atoms with Gasteiger partial charge in [-0.3, -0.25) is 15.4 Å². The lowest BCUT2D eigenvalue weighted by Gasteiger charge is -2.08. The van der Waals surface area contributed by atoms with Crippen molar-refractivity contribution in [2.45, 2.75) is 6.42 Å². The van der Waals surface area contributed by atoms with E-state index in [2.05, 4.69) is 15.6 Å². The summed E-state index contributed by atoms with van der Waals surface area (Å²) in [5.41, 5.74) is 0.528. The number of pyridine rings is 1. The van der Waals surface area contributed by atoms with Crippen LogP contribution in [0.15, 0.2) is 42.6 Å². The number of carbonyl (C=O) groups excluding carboxylic acids is 1. The molecule has 24 heavy (non-hydrogen) atoms. The Morgan fingerprint density at radius 1 is 1.25 bits per heavy atom. The number of rotatable bonds is 7. The highest BCUT2D eigenvalue weighted by Gasteiger charge is 2.05. The molecule has 0 saturated heterocycles. The Balaban J connectivity index is 1.63. The van der Waals surface area contributed by atoms with Crippen LogP contribution in [-0.4, -0.2) is 29.2 Å². The molecule has 0 aliphatic carbocycles. The van der Waals surface area contributed by atoms with Crippen molar-refractivity contribution in [3.63, 3.8) is 0 Å². The Kier molecular flexibility index (Phi) is 6.32. The van der Waals surface area contributed by atoms with E-state index in [1.165, 1.54) is 18.3 Å². The van der Waals surface area contributed by atoms with Gasteiger partial charge >= 0.3 is 6.09 Å². The third-order valence-electron chi connectivity index (χ3n) is 2.91. The van der Waals surface area contributed by atoms with Gasteiger partial charge in [0.2, 0.25) is 0 Å². The SMILES string of the molecule is O=C(Nc1ccc(Cl)cc1)OCCCNc1ccc([N+](=O)[O-])cn1. The van der Waals surface area contributed by atoms with Crippen molar-refractivity contribution in [3.05, 3.63) is 57.7 Å². The molecule has 0 saturated carbocycles. The molecule has 9 heteroatoms. The molecule has 1 heterocycles. The van der Waals surface area contributed by atoms with Gasteiger partial charge in [-0.2, -0.15) is 0 Å². The molecule has 2 N–H and O–H groups in total. The van der Waals surface area contributed by atoms with Crippen LogP contribution in [0.4, 0.5) is 22.0 Å². The van der Waals surface area contributed by atoms with Gasteiger partial charge in [-0.15, -0.1) is 0 Å². The molecule has 0 aliphatic rings. The smallest absolute Gasteiger partial charge is 0.411 e. The van der Waals surface area contributed by atoms with Crippen molar-refractivity contribution < 1.29 is 14.5 Å². The number of benzene rings is 1. The molecule has 0 unspecified atom stereocenters. The number of nitro groups is 1. The van der Waals surface area contributed by atoms with E-state index in [0.29, 0.717) is 29.5 Å². The van der Waals surface area contributed by atoms with E-state index in [0.717, 1.165) is 0 Å². The average molecular weight is 351 g/mol. The van der Waals surface area contributed by atoms with Crippen LogP contribution in [-0.2, 0) is 4.74 Å². The minimum absolute atomic E-state index is 0.0669. The number of anilines is 2. The fourth-order valence-electron chi connectivity index (χ4n) is 1.74. The summed E-state index contributed by atoms with van der Waals surface area (Å²) in [6.45, 7) is 0.735. The molecule has 0 radical (unpaired) electrons. The fraction of sp³-hybridized carbons (Fsp3) is 0.200. The monoisotopic (exact) mass is 350 g/mol. The number of hydrogen-bond acceptors (Lipinski definition) is 6. The zero-order chi connectivity index (χ0) is 17.4. The molecule has 0 atom stereocenters. The van der Waals surface area contributed by atoms with Gasteiger partial charge in [0.25, 0.3) is 5.69 Å². The van der Waals surface area contributed by atoms with Crippen LogP contribution in [0, 0.1) is 10.1 Å². The van der Waals surface area contributed by atoms with Gasteiger partial charge in [-0.1, -0.05) is 11.6 Å². The third-order valence-corrected chi connectivity index (χ3v) is 3.16. The van der Waals surface area contributed by atoms with Gasteiger partial charge in [0.05, 0.1) is 11.5 Å². The second kappa shape index (κ2) is 8.68. The molecule has 0 aliphatic heterocycles. The Hall–Kier alpha value is -2.87. The molecular weight excluding hydrogens is 336 g/mol. The van der Waals surface area contributed by atoms with E-state index < -0.39 is 11.0 Å². The maximum absolute atomic E-state index is 11.6. The number of ether oxygens (including phenoxy) is 1. The van der Waals surface area contributed by atoms with Crippen molar-refractivity contribution >= 4 is 34.9 Å². The lowest BCUT2D eigenvalue weighted by atomic mass is 10.3. The molecule has 0 spiro atoms. The summed E-state index contributed by atoms with van der Waals surface area (Å²) in [4.78, 5) is 25.5. The Morgan fingerprint density at radius 3 is 2.62 bits per heavy atom. The number of hydrogen-bond donors (Lipinski definition) is 2. The van der Waals surface area contributed by atoms with Crippen LogP contribution in [0.3, 0.4) is 0 Å². The maximum Gasteiger partial charge on any atom is 0.411 e. The molecule has 8 nitrogen and oxygen atoms in total. The van der Waals surface area contributed by atoms with E-state index >= 15 is 0 Å². The molecule has 1 aromatic carbocycles. The molecule has 2 rings (SSSR count). The van der Waals surface area contributed by atoms with Crippen LogP contribution in [0.5, 0.6) is 0 Å². The maximum atomic E-state index is 11.6. The average Bonchev–Trinajstić information content (AvgIpc) is 2.57. The Morgan fingerprint density at radius 2 is 2.00 bits per heavy atom. The van der Waals surface area contributed by atoms with Crippen LogP contribution >= 0.6 is 11.6 Å². The largest absolute Gasteiger partial charge is 0.449 e. The van der Waals surface area contributed by atoms with Gasteiger partial charge in [-0.05, 0) is 36.8 Å². The summed E-state index contributed by atoms with van der Waals surface area (Å²) < 4.78 is 5.03. The van der Waals surface area contributed by atoms with Crippen molar-refractivity contribution in [2.24, 2.45) is 0 Å². The first kappa shape index (κ1) is 17.5. The van der Waals surface area contributed by atoms with Crippen LogP contribution in [0.2, 0.25) is 5.02 Å². The molecule has 2 aromatic rings. The number of nitrogens with zero attached hydrogens (tertiary/aromatic N) is 2. The Bertz CT molecular complexity index is 692. The number of amides is 1. The standard InChI is InChI=1S/C15H15ClN4O4/c16-11-2-4-12(5-3-11)19-15(21)24-9-1-8-17-14-7-6-13(10-18-14)20(22)23/h2-7,10H,1,8-9H2,(H,17,18)(H,19,21). The minimum atomic E-state index is -0.550. The quantitative estimate of drug-likeness (QED) is 0.448.